The van der Waals surface area contributed by atoms with Gasteiger partial charge in [0, 0.05) is 23.9 Å². The van der Waals surface area contributed by atoms with Gasteiger partial charge in [-0.3, -0.25) is 0 Å². The highest BCUT2D eigenvalue weighted by Gasteiger charge is 2.34. The highest BCUT2D eigenvalue weighted by Crippen LogP contribution is 2.35. The second-order valence-electron chi connectivity index (χ2n) is 4.75. The van der Waals surface area contributed by atoms with Gasteiger partial charge in [0.05, 0.1) is 5.60 Å². The Hall–Kier alpha value is -0.870. The van der Waals surface area contributed by atoms with E-state index in [-0.39, 0.29) is 0 Å². The highest BCUT2D eigenvalue weighted by atomic mass is 35.5. The molecule has 94 valence electrons. The lowest BCUT2D eigenvalue weighted by Crippen LogP contribution is -2.37. The fourth-order valence-corrected chi connectivity index (χ4v) is 2.51. The molecule has 0 aromatic carbocycles. The van der Waals surface area contributed by atoms with Crippen molar-refractivity contribution >= 4 is 17.3 Å². The van der Waals surface area contributed by atoms with Gasteiger partial charge in [-0.05, 0) is 31.7 Å². The van der Waals surface area contributed by atoms with E-state index in [1.54, 1.807) is 6.07 Å². The number of alkyl halides is 1. The number of hydrogen-bond donors (Lipinski definition) is 2. The van der Waals surface area contributed by atoms with Crippen LogP contribution in [0.4, 0.5) is 10.1 Å². The highest BCUT2D eigenvalue weighted by molar-refractivity contribution is 6.30. The van der Waals surface area contributed by atoms with Crippen molar-refractivity contribution in [2.45, 2.75) is 43.9 Å². The maximum Gasteiger partial charge on any atom is 0.134 e. The van der Waals surface area contributed by atoms with Gasteiger partial charge in [0.15, 0.2) is 0 Å². The first-order valence-electron chi connectivity index (χ1n) is 5.75. The van der Waals surface area contributed by atoms with Crippen molar-refractivity contribution in [3.8, 4) is 0 Å². The van der Waals surface area contributed by atoms with E-state index in [1.807, 2.05) is 0 Å². The Bertz CT molecular complexity index is 385. The van der Waals surface area contributed by atoms with Crippen LogP contribution in [0, 0.1) is 0 Å². The second kappa shape index (κ2) is 4.78. The van der Waals surface area contributed by atoms with Crippen LogP contribution in [0.3, 0.4) is 0 Å². The van der Waals surface area contributed by atoms with Crippen LogP contribution >= 0.6 is 11.6 Å². The fraction of sp³-hybridized carbons (Fsp3) is 0.583. The molecule has 2 rings (SSSR count). The monoisotopic (exact) mass is 258 g/mol. The van der Waals surface area contributed by atoms with E-state index >= 15 is 0 Å². The Morgan fingerprint density at radius 2 is 2.18 bits per heavy atom. The Labute approximate surface area is 105 Å². The van der Waals surface area contributed by atoms with Gasteiger partial charge >= 0.3 is 0 Å². The third-order valence-corrected chi connectivity index (χ3v) is 3.72. The van der Waals surface area contributed by atoms with Crippen molar-refractivity contribution < 1.29 is 9.50 Å². The maximum atomic E-state index is 13.1. The zero-order valence-corrected chi connectivity index (χ0v) is 10.3. The summed E-state index contributed by atoms with van der Waals surface area (Å²) in [6.07, 6.45) is 2.76. The number of anilines is 1. The predicted molar refractivity (Wildman–Crippen MR) is 65.7 cm³/mol. The van der Waals surface area contributed by atoms with Crippen LogP contribution in [0.15, 0.2) is 12.3 Å². The van der Waals surface area contributed by atoms with Crippen LogP contribution in [0.5, 0.6) is 0 Å². The molecular formula is C12H16ClFN2O. The smallest absolute Gasteiger partial charge is 0.134 e. The van der Waals surface area contributed by atoms with Crippen molar-refractivity contribution in [1.82, 2.24) is 4.98 Å². The van der Waals surface area contributed by atoms with Gasteiger partial charge in [-0.1, -0.05) is 11.6 Å². The summed E-state index contributed by atoms with van der Waals surface area (Å²) in [5, 5.41) is 10.7. The lowest BCUT2D eigenvalue weighted by molar-refractivity contribution is -0.0142. The summed E-state index contributed by atoms with van der Waals surface area (Å²) in [6.45, 7) is 0. The summed E-state index contributed by atoms with van der Waals surface area (Å²) in [6, 6.07) is 1.66. The third kappa shape index (κ3) is 2.87. The SMILES string of the molecule is Nc1ccnc(Cl)c1CC1(O)CCC(F)CC1. The molecule has 17 heavy (non-hydrogen) atoms. The molecule has 3 nitrogen and oxygen atoms in total. The van der Waals surface area contributed by atoms with Crippen LogP contribution in [0.2, 0.25) is 5.15 Å². The molecule has 3 N–H and O–H groups in total. The summed E-state index contributed by atoms with van der Waals surface area (Å²) < 4.78 is 13.1. The molecule has 0 atom stereocenters. The average molecular weight is 259 g/mol. The number of nitrogens with zero attached hydrogens (tertiary/aromatic N) is 1. The molecule has 1 fully saturated rings. The van der Waals surface area contributed by atoms with Crippen molar-refractivity contribution in [3.05, 3.63) is 23.0 Å². The molecule has 1 aromatic rings. The number of halogens is 2. The molecule has 0 aliphatic heterocycles. The van der Waals surface area contributed by atoms with Crippen LogP contribution in [0.25, 0.3) is 0 Å². The van der Waals surface area contributed by atoms with Crippen molar-refractivity contribution in [2.24, 2.45) is 0 Å². The van der Waals surface area contributed by atoms with E-state index < -0.39 is 11.8 Å². The molecule has 0 radical (unpaired) electrons. The first-order valence-corrected chi connectivity index (χ1v) is 6.13. The maximum absolute atomic E-state index is 13.1. The third-order valence-electron chi connectivity index (χ3n) is 3.39. The number of nitrogen functional groups attached to an aromatic ring is 1. The van der Waals surface area contributed by atoms with Crippen molar-refractivity contribution in [1.29, 1.82) is 0 Å². The van der Waals surface area contributed by atoms with Gasteiger partial charge in [0.1, 0.15) is 11.3 Å². The minimum atomic E-state index is -0.899. The molecule has 1 aliphatic carbocycles. The van der Waals surface area contributed by atoms with Crippen molar-refractivity contribution in [3.63, 3.8) is 0 Å². The second-order valence-corrected chi connectivity index (χ2v) is 5.10. The Morgan fingerprint density at radius 3 is 2.76 bits per heavy atom. The summed E-state index contributed by atoms with van der Waals surface area (Å²) in [4.78, 5) is 3.95. The van der Waals surface area contributed by atoms with Crippen LogP contribution < -0.4 is 5.73 Å². The summed E-state index contributed by atoms with van der Waals surface area (Å²) in [5.41, 5.74) is 6.11. The van der Waals surface area contributed by atoms with E-state index in [9.17, 15) is 9.50 Å². The number of nitrogens with two attached hydrogens (primary N) is 1. The first-order chi connectivity index (χ1) is 8.00. The quantitative estimate of drug-likeness (QED) is 0.802. The van der Waals surface area contributed by atoms with Crippen LogP contribution in [0.1, 0.15) is 31.2 Å². The molecule has 0 amide bonds. The van der Waals surface area contributed by atoms with Crippen LogP contribution in [-0.4, -0.2) is 21.9 Å². The lowest BCUT2D eigenvalue weighted by Gasteiger charge is -2.34. The number of hydrogen-bond acceptors (Lipinski definition) is 3. The Balaban J connectivity index is 2.15. The van der Waals surface area contributed by atoms with E-state index in [4.69, 9.17) is 17.3 Å². The van der Waals surface area contributed by atoms with Gasteiger partial charge in [0.25, 0.3) is 0 Å². The standard InChI is InChI=1S/C12H16ClFN2O/c13-11-9(10(15)3-6-16-11)7-12(17)4-1-8(14)2-5-12/h3,6,8,17H,1-2,4-5,7H2,(H2,15,16). The normalized spacial score (nSPS) is 29.2. The van der Waals surface area contributed by atoms with E-state index in [2.05, 4.69) is 4.98 Å². The van der Waals surface area contributed by atoms with Crippen LogP contribution in [-0.2, 0) is 6.42 Å². The number of aliphatic hydroxyl groups is 1. The molecule has 1 saturated carbocycles. The van der Waals surface area contributed by atoms with E-state index in [0.29, 0.717) is 48.5 Å². The molecule has 1 aliphatic rings. The first kappa shape index (κ1) is 12.6. The number of aromatic nitrogens is 1. The Morgan fingerprint density at radius 1 is 1.53 bits per heavy atom. The molecule has 1 aromatic heterocycles. The van der Waals surface area contributed by atoms with Gasteiger partial charge in [-0.25, -0.2) is 9.37 Å². The molecule has 5 heteroatoms. The predicted octanol–water partition coefficient (Wildman–Crippen LogP) is 2.50. The molecule has 0 bridgehead atoms. The Kier molecular flexibility index (Phi) is 3.54. The molecule has 1 heterocycles. The lowest BCUT2D eigenvalue weighted by atomic mass is 9.80. The molecule has 0 spiro atoms. The summed E-state index contributed by atoms with van der Waals surface area (Å²) in [5.74, 6) is 0. The summed E-state index contributed by atoms with van der Waals surface area (Å²) >= 11 is 5.96. The number of rotatable bonds is 2. The number of pyridine rings is 1. The molecule has 0 saturated heterocycles. The zero-order valence-electron chi connectivity index (χ0n) is 9.50. The van der Waals surface area contributed by atoms with Gasteiger partial charge in [-0.2, -0.15) is 0 Å². The summed E-state index contributed by atoms with van der Waals surface area (Å²) in [7, 11) is 0. The van der Waals surface area contributed by atoms with E-state index in [0.717, 1.165) is 0 Å². The van der Waals surface area contributed by atoms with Gasteiger partial charge in [0.2, 0.25) is 0 Å². The minimum Gasteiger partial charge on any atom is -0.398 e. The van der Waals surface area contributed by atoms with Gasteiger partial charge < -0.3 is 10.8 Å². The largest absolute Gasteiger partial charge is 0.398 e. The average Bonchev–Trinajstić information content (AvgIpc) is 2.29. The van der Waals surface area contributed by atoms with Gasteiger partial charge in [-0.15, -0.1) is 0 Å². The van der Waals surface area contributed by atoms with E-state index in [1.165, 1.54) is 6.20 Å². The zero-order chi connectivity index (χ0) is 12.5. The topological polar surface area (TPSA) is 59.1 Å². The van der Waals surface area contributed by atoms with Crippen molar-refractivity contribution in [2.75, 3.05) is 5.73 Å². The minimum absolute atomic E-state index is 0.320. The molecule has 0 unspecified atom stereocenters. The molecular weight excluding hydrogens is 243 g/mol. The fourth-order valence-electron chi connectivity index (χ4n) is 2.28.